The SMILES string of the molecule is Cn1c(N=C2CCC(F)C=C2C(F)(F)F)nc2cc(C(=O)Nc3ccc(Br)cc3)ccc21. The minimum Gasteiger partial charge on any atom is -0.322 e. The summed E-state index contributed by atoms with van der Waals surface area (Å²) >= 11 is 3.33. The first-order chi connectivity index (χ1) is 15.1. The molecule has 2 aromatic carbocycles. The third-order valence-electron chi connectivity index (χ3n) is 5.08. The maximum Gasteiger partial charge on any atom is 0.417 e. The van der Waals surface area contributed by atoms with E-state index >= 15 is 0 Å². The van der Waals surface area contributed by atoms with Gasteiger partial charge in [0.1, 0.15) is 6.17 Å². The van der Waals surface area contributed by atoms with Crippen molar-refractivity contribution in [1.29, 1.82) is 0 Å². The number of imidazole rings is 1. The van der Waals surface area contributed by atoms with Crippen LogP contribution in [0.5, 0.6) is 0 Å². The van der Waals surface area contributed by atoms with Crippen molar-refractivity contribution in [1.82, 2.24) is 9.55 Å². The molecule has 1 aliphatic carbocycles. The molecule has 166 valence electrons. The first-order valence-electron chi connectivity index (χ1n) is 9.66. The van der Waals surface area contributed by atoms with Crippen LogP contribution in [0.25, 0.3) is 11.0 Å². The summed E-state index contributed by atoms with van der Waals surface area (Å²) in [5.74, 6) is -0.302. The number of carbonyl (C=O) groups excluding carboxylic acids is 1. The monoisotopic (exact) mass is 508 g/mol. The third-order valence-corrected chi connectivity index (χ3v) is 5.61. The molecule has 3 aromatic rings. The number of allylic oxidation sites excluding steroid dienone is 2. The summed E-state index contributed by atoms with van der Waals surface area (Å²) in [6.07, 6.45) is -6.00. The minimum absolute atomic E-state index is 0.0490. The molecule has 0 spiro atoms. The molecule has 0 radical (unpaired) electrons. The number of nitrogens with zero attached hydrogens (tertiary/aromatic N) is 3. The number of aliphatic imine (C=N–C) groups is 1. The lowest BCUT2D eigenvalue weighted by molar-refractivity contribution is -0.0872. The predicted octanol–water partition coefficient (Wildman–Crippen LogP) is 6.28. The fourth-order valence-electron chi connectivity index (χ4n) is 3.43. The van der Waals surface area contributed by atoms with E-state index in [1.165, 1.54) is 4.57 Å². The van der Waals surface area contributed by atoms with Crippen LogP contribution >= 0.6 is 15.9 Å². The van der Waals surface area contributed by atoms with Gasteiger partial charge in [0.25, 0.3) is 5.91 Å². The molecule has 1 heterocycles. The summed E-state index contributed by atoms with van der Waals surface area (Å²) in [5, 5.41) is 2.77. The van der Waals surface area contributed by atoms with Gasteiger partial charge >= 0.3 is 6.18 Å². The molecule has 1 aromatic heterocycles. The largest absolute Gasteiger partial charge is 0.417 e. The van der Waals surface area contributed by atoms with Crippen LogP contribution in [0.15, 0.2) is 63.6 Å². The average Bonchev–Trinajstić information content (AvgIpc) is 3.05. The molecule has 10 heteroatoms. The smallest absolute Gasteiger partial charge is 0.322 e. The number of halogens is 5. The lowest BCUT2D eigenvalue weighted by Crippen LogP contribution is -2.26. The first kappa shape index (κ1) is 22.2. The Kier molecular flexibility index (Phi) is 5.89. The molecule has 0 aliphatic heterocycles. The van der Waals surface area contributed by atoms with Crippen molar-refractivity contribution in [2.45, 2.75) is 25.2 Å². The van der Waals surface area contributed by atoms with Gasteiger partial charge in [0, 0.05) is 22.8 Å². The van der Waals surface area contributed by atoms with Crippen molar-refractivity contribution >= 4 is 50.2 Å². The zero-order valence-electron chi connectivity index (χ0n) is 16.8. The molecule has 4 rings (SSSR count). The standard InChI is InChI=1S/C22H17BrF4N4O/c1-31-19-9-2-12(20(32)28-15-6-3-13(23)4-7-15)10-18(19)30-21(31)29-17-8-5-14(24)11-16(17)22(25,26)27/h2-4,6-7,9-11,14H,5,8H2,1H3,(H,28,32). The van der Waals surface area contributed by atoms with Crippen LogP contribution < -0.4 is 5.32 Å². The highest BCUT2D eigenvalue weighted by Crippen LogP contribution is 2.34. The Bertz CT molecular complexity index is 1250. The van der Waals surface area contributed by atoms with Crippen LogP contribution in [0.4, 0.5) is 29.2 Å². The van der Waals surface area contributed by atoms with Crippen LogP contribution in [0.2, 0.25) is 0 Å². The predicted molar refractivity (Wildman–Crippen MR) is 118 cm³/mol. The Labute approximate surface area is 189 Å². The van der Waals surface area contributed by atoms with Gasteiger partial charge < -0.3 is 9.88 Å². The summed E-state index contributed by atoms with van der Waals surface area (Å²) in [6, 6.07) is 11.9. The fraction of sp³-hybridized carbons (Fsp3) is 0.227. The van der Waals surface area contributed by atoms with E-state index in [1.54, 1.807) is 49.5 Å². The number of hydrogen-bond acceptors (Lipinski definition) is 3. The van der Waals surface area contributed by atoms with E-state index in [0.717, 1.165) is 4.47 Å². The highest BCUT2D eigenvalue weighted by molar-refractivity contribution is 9.10. The van der Waals surface area contributed by atoms with E-state index in [9.17, 15) is 22.4 Å². The van der Waals surface area contributed by atoms with Crippen molar-refractivity contribution in [3.63, 3.8) is 0 Å². The van der Waals surface area contributed by atoms with Gasteiger partial charge in [-0.1, -0.05) is 15.9 Å². The molecule has 1 atom stereocenters. The molecular formula is C22H17BrF4N4O. The van der Waals surface area contributed by atoms with Crippen molar-refractivity contribution < 1.29 is 22.4 Å². The molecule has 0 saturated carbocycles. The van der Waals surface area contributed by atoms with Gasteiger partial charge in [-0.05, 0) is 61.4 Å². The lowest BCUT2D eigenvalue weighted by Gasteiger charge is -2.20. The van der Waals surface area contributed by atoms with Crippen molar-refractivity contribution in [3.05, 3.63) is 64.1 Å². The molecular weight excluding hydrogens is 492 g/mol. The maximum atomic E-state index is 13.5. The molecule has 32 heavy (non-hydrogen) atoms. The molecule has 1 N–H and O–H groups in total. The highest BCUT2D eigenvalue weighted by atomic mass is 79.9. The van der Waals surface area contributed by atoms with Gasteiger partial charge in [0.05, 0.1) is 22.3 Å². The van der Waals surface area contributed by atoms with Crippen LogP contribution in [0.3, 0.4) is 0 Å². The number of amides is 1. The maximum absolute atomic E-state index is 13.5. The van der Waals surface area contributed by atoms with E-state index in [-0.39, 0.29) is 30.4 Å². The molecule has 0 saturated heterocycles. The average molecular weight is 509 g/mol. The van der Waals surface area contributed by atoms with Gasteiger partial charge in [0.2, 0.25) is 5.95 Å². The Balaban J connectivity index is 1.65. The second-order valence-electron chi connectivity index (χ2n) is 7.33. The van der Waals surface area contributed by atoms with Gasteiger partial charge in [-0.15, -0.1) is 0 Å². The van der Waals surface area contributed by atoms with Crippen LogP contribution in [-0.2, 0) is 7.05 Å². The normalized spacial score (nSPS) is 18.1. The van der Waals surface area contributed by atoms with Crippen molar-refractivity contribution in [3.8, 4) is 0 Å². The molecule has 1 unspecified atom stereocenters. The minimum atomic E-state index is -4.70. The Hall–Kier alpha value is -3.01. The number of alkyl halides is 4. The molecule has 5 nitrogen and oxygen atoms in total. The summed E-state index contributed by atoms with van der Waals surface area (Å²) in [4.78, 5) is 21.0. The Morgan fingerprint density at radius 3 is 2.62 bits per heavy atom. The quantitative estimate of drug-likeness (QED) is 0.423. The summed E-state index contributed by atoms with van der Waals surface area (Å²) in [6.45, 7) is 0. The van der Waals surface area contributed by atoms with Gasteiger partial charge in [0.15, 0.2) is 0 Å². The van der Waals surface area contributed by atoms with Gasteiger partial charge in [-0.25, -0.2) is 14.4 Å². The number of carbonyl (C=O) groups is 1. The molecule has 1 aliphatic rings. The van der Waals surface area contributed by atoms with E-state index in [1.807, 2.05) is 0 Å². The highest BCUT2D eigenvalue weighted by Gasteiger charge is 2.39. The zero-order valence-corrected chi connectivity index (χ0v) is 18.3. The van der Waals surface area contributed by atoms with E-state index in [4.69, 9.17) is 0 Å². The van der Waals surface area contributed by atoms with Crippen LogP contribution in [-0.4, -0.2) is 33.5 Å². The lowest BCUT2D eigenvalue weighted by atomic mass is 9.95. The van der Waals surface area contributed by atoms with Crippen molar-refractivity contribution in [2.24, 2.45) is 12.0 Å². The van der Waals surface area contributed by atoms with E-state index in [2.05, 4.69) is 31.2 Å². The summed E-state index contributed by atoms with van der Waals surface area (Å²) < 4.78 is 55.9. The second-order valence-corrected chi connectivity index (χ2v) is 8.24. The molecule has 0 bridgehead atoms. The number of aryl methyl sites for hydroxylation is 1. The number of rotatable bonds is 3. The number of fused-ring (bicyclic) bond motifs is 1. The van der Waals surface area contributed by atoms with Gasteiger partial charge in [-0.3, -0.25) is 4.79 Å². The number of nitrogens with one attached hydrogen (secondary N) is 1. The second kappa shape index (κ2) is 8.50. The number of anilines is 1. The number of aromatic nitrogens is 2. The Morgan fingerprint density at radius 1 is 1.22 bits per heavy atom. The molecule has 1 amide bonds. The van der Waals surface area contributed by atoms with Crippen molar-refractivity contribution in [2.75, 3.05) is 5.32 Å². The summed E-state index contributed by atoms with van der Waals surface area (Å²) in [5.41, 5.74) is 0.636. The summed E-state index contributed by atoms with van der Waals surface area (Å²) in [7, 11) is 1.62. The van der Waals surface area contributed by atoms with Crippen LogP contribution in [0.1, 0.15) is 23.2 Å². The topological polar surface area (TPSA) is 59.3 Å². The first-order valence-corrected chi connectivity index (χ1v) is 10.5. The van der Waals surface area contributed by atoms with E-state index < -0.39 is 17.9 Å². The molecule has 0 fully saturated rings. The zero-order chi connectivity index (χ0) is 23.0. The number of hydrogen-bond donors (Lipinski definition) is 1. The fourth-order valence-corrected chi connectivity index (χ4v) is 3.69. The third kappa shape index (κ3) is 4.59. The van der Waals surface area contributed by atoms with E-state index in [0.29, 0.717) is 28.4 Å². The van der Waals surface area contributed by atoms with Gasteiger partial charge in [-0.2, -0.15) is 13.2 Å². The Morgan fingerprint density at radius 2 is 1.94 bits per heavy atom. The number of benzene rings is 2. The van der Waals surface area contributed by atoms with Crippen LogP contribution in [0, 0.1) is 0 Å².